The van der Waals surface area contributed by atoms with Gasteiger partial charge in [-0.25, -0.2) is 0 Å². The highest BCUT2D eigenvalue weighted by atomic mass is 35.5. The third kappa shape index (κ3) is 6.59. The van der Waals surface area contributed by atoms with E-state index in [1.165, 1.54) is 0 Å². The standard InChI is InChI=1S/C15H22N2O2S.ClH/c1-19-13-4-6-14(7-5-13)20-10-8-15(18)17-12-3-2-9-16-11-12;/h4-7,12,16H,2-3,8-11H2,1H3,(H,17,18);1H. The number of benzene rings is 1. The minimum atomic E-state index is 0. The van der Waals surface area contributed by atoms with Crippen molar-refractivity contribution in [1.29, 1.82) is 0 Å². The molecular formula is C15H23ClN2O2S. The Labute approximate surface area is 136 Å². The van der Waals surface area contributed by atoms with E-state index in [0.717, 1.165) is 42.3 Å². The van der Waals surface area contributed by atoms with Gasteiger partial charge in [0.05, 0.1) is 7.11 Å². The molecule has 0 bridgehead atoms. The Bertz CT molecular complexity index is 422. The highest BCUT2D eigenvalue weighted by Gasteiger charge is 2.14. The van der Waals surface area contributed by atoms with E-state index >= 15 is 0 Å². The van der Waals surface area contributed by atoms with E-state index in [0.29, 0.717) is 12.5 Å². The molecule has 1 aromatic carbocycles. The van der Waals surface area contributed by atoms with Gasteiger partial charge in [0.1, 0.15) is 5.75 Å². The smallest absolute Gasteiger partial charge is 0.221 e. The second-order valence-electron chi connectivity index (χ2n) is 4.88. The lowest BCUT2D eigenvalue weighted by molar-refractivity contribution is -0.121. The Kier molecular flexibility index (Phi) is 8.57. The molecule has 0 spiro atoms. The van der Waals surface area contributed by atoms with Crippen LogP contribution in [0, 0.1) is 0 Å². The molecule has 118 valence electrons. The van der Waals surface area contributed by atoms with E-state index in [9.17, 15) is 4.79 Å². The number of methoxy groups -OCH3 is 1. The van der Waals surface area contributed by atoms with Gasteiger partial charge in [0, 0.05) is 29.7 Å². The van der Waals surface area contributed by atoms with Crippen molar-refractivity contribution in [2.24, 2.45) is 0 Å². The summed E-state index contributed by atoms with van der Waals surface area (Å²) in [5.74, 6) is 1.81. The highest BCUT2D eigenvalue weighted by Crippen LogP contribution is 2.21. The number of hydrogen-bond acceptors (Lipinski definition) is 4. The van der Waals surface area contributed by atoms with Crippen molar-refractivity contribution in [3.63, 3.8) is 0 Å². The number of halogens is 1. The van der Waals surface area contributed by atoms with Gasteiger partial charge >= 0.3 is 0 Å². The lowest BCUT2D eigenvalue weighted by Crippen LogP contribution is -2.45. The predicted octanol–water partition coefficient (Wildman–Crippen LogP) is 2.47. The van der Waals surface area contributed by atoms with Gasteiger partial charge in [-0.15, -0.1) is 24.2 Å². The second-order valence-corrected chi connectivity index (χ2v) is 6.05. The summed E-state index contributed by atoms with van der Waals surface area (Å²) >= 11 is 1.70. The molecule has 1 unspecified atom stereocenters. The summed E-state index contributed by atoms with van der Waals surface area (Å²) in [5.41, 5.74) is 0. The van der Waals surface area contributed by atoms with Crippen molar-refractivity contribution < 1.29 is 9.53 Å². The highest BCUT2D eigenvalue weighted by molar-refractivity contribution is 7.99. The Hall–Kier alpha value is -0.910. The Morgan fingerprint density at radius 1 is 1.43 bits per heavy atom. The summed E-state index contributed by atoms with van der Waals surface area (Å²) in [7, 11) is 1.66. The van der Waals surface area contributed by atoms with Crippen molar-refractivity contribution >= 4 is 30.1 Å². The fraction of sp³-hybridized carbons (Fsp3) is 0.533. The van der Waals surface area contributed by atoms with E-state index in [-0.39, 0.29) is 18.3 Å². The maximum atomic E-state index is 11.8. The lowest BCUT2D eigenvalue weighted by Gasteiger charge is -2.23. The molecule has 21 heavy (non-hydrogen) atoms. The van der Waals surface area contributed by atoms with Crippen LogP contribution in [0.15, 0.2) is 29.2 Å². The fourth-order valence-electron chi connectivity index (χ4n) is 2.21. The average Bonchev–Trinajstić information content (AvgIpc) is 2.49. The lowest BCUT2D eigenvalue weighted by atomic mass is 10.1. The van der Waals surface area contributed by atoms with Crippen molar-refractivity contribution in [2.45, 2.75) is 30.2 Å². The third-order valence-corrected chi connectivity index (χ3v) is 4.33. The van der Waals surface area contributed by atoms with Gasteiger partial charge in [0.15, 0.2) is 0 Å². The maximum Gasteiger partial charge on any atom is 0.221 e. The van der Waals surface area contributed by atoms with Crippen molar-refractivity contribution in [2.75, 3.05) is 26.0 Å². The quantitative estimate of drug-likeness (QED) is 0.787. The average molecular weight is 331 g/mol. The first-order valence-electron chi connectivity index (χ1n) is 7.05. The van der Waals surface area contributed by atoms with Gasteiger partial charge in [-0.05, 0) is 43.7 Å². The van der Waals surface area contributed by atoms with E-state index in [1.54, 1.807) is 18.9 Å². The van der Waals surface area contributed by atoms with Gasteiger partial charge < -0.3 is 15.4 Å². The summed E-state index contributed by atoms with van der Waals surface area (Å²) in [6.07, 6.45) is 2.79. The van der Waals surface area contributed by atoms with E-state index < -0.39 is 0 Å². The molecule has 6 heteroatoms. The Balaban J connectivity index is 0.00000220. The SMILES string of the molecule is COc1ccc(SCCC(=O)NC2CCCNC2)cc1.Cl. The van der Waals surface area contributed by atoms with Crippen molar-refractivity contribution in [1.82, 2.24) is 10.6 Å². The normalized spacial score (nSPS) is 17.7. The van der Waals surface area contributed by atoms with Gasteiger partial charge in [-0.1, -0.05) is 0 Å². The van der Waals surface area contributed by atoms with Crippen LogP contribution in [0.1, 0.15) is 19.3 Å². The van der Waals surface area contributed by atoms with Crippen molar-refractivity contribution in [3.05, 3.63) is 24.3 Å². The first-order valence-corrected chi connectivity index (χ1v) is 8.03. The number of ether oxygens (including phenoxy) is 1. The summed E-state index contributed by atoms with van der Waals surface area (Å²) in [4.78, 5) is 13.0. The first kappa shape index (κ1) is 18.1. The first-order chi connectivity index (χ1) is 9.78. The molecule has 1 saturated heterocycles. The number of hydrogen-bond donors (Lipinski definition) is 2. The van der Waals surface area contributed by atoms with Crippen LogP contribution in [0.3, 0.4) is 0 Å². The van der Waals surface area contributed by atoms with Crippen LogP contribution in [-0.4, -0.2) is 37.9 Å². The number of piperidine rings is 1. The number of amides is 1. The van der Waals surface area contributed by atoms with Crippen LogP contribution in [0.5, 0.6) is 5.75 Å². The molecule has 1 aliphatic rings. The molecule has 1 aliphatic heterocycles. The Morgan fingerprint density at radius 3 is 2.81 bits per heavy atom. The summed E-state index contributed by atoms with van der Waals surface area (Å²) in [6.45, 7) is 1.97. The molecule has 1 fully saturated rings. The number of rotatable bonds is 6. The molecular weight excluding hydrogens is 308 g/mol. The minimum absolute atomic E-state index is 0. The molecule has 0 saturated carbocycles. The van der Waals surface area contributed by atoms with Crippen LogP contribution >= 0.6 is 24.2 Å². The molecule has 1 amide bonds. The molecule has 0 aromatic heterocycles. The zero-order chi connectivity index (χ0) is 14.2. The van der Waals surface area contributed by atoms with Crippen molar-refractivity contribution in [3.8, 4) is 5.75 Å². The molecule has 0 radical (unpaired) electrons. The van der Waals surface area contributed by atoms with Gasteiger partial charge in [-0.3, -0.25) is 4.79 Å². The molecule has 1 heterocycles. The van der Waals surface area contributed by atoms with E-state index in [1.807, 2.05) is 24.3 Å². The van der Waals surface area contributed by atoms with Gasteiger partial charge in [0.25, 0.3) is 0 Å². The number of nitrogens with one attached hydrogen (secondary N) is 2. The van der Waals surface area contributed by atoms with Crippen LogP contribution in [0.4, 0.5) is 0 Å². The summed E-state index contributed by atoms with van der Waals surface area (Å²) < 4.78 is 5.12. The molecule has 4 nitrogen and oxygen atoms in total. The monoisotopic (exact) mass is 330 g/mol. The largest absolute Gasteiger partial charge is 0.497 e. The fourth-order valence-corrected chi connectivity index (χ4v) is 3.06. The number of thioether (sulfide) groups is 1. The van der Waals surface area contributed by atoms with Crippen LogP contribution in [-0.2, 0) is 4.79 Å². The Morgan fingerprint density at radius 2 is 2.19 bits per heavy atom. The molecule has 1 atom stereocenters. The topological polar surface area (TPSA) is 50.4 Å². The van der Waals surface area contributed by atoms with E-state index in [4.69, 9.17) is 4.74 Å². The molecule has 0 aliphatic carbocycles. The van der Waals surface area contributed by atoms with E-state index in [2.05, 4.69) is 10.6 Å². The number of carbonyl (C=O) groups excluding carboxylic acids is 1. The summed E-state index contributed by atoms with van der Waals surface area (Å²) in [5, 5.41) is 6.39. The minimum Gasteiger partial charge on any atom is -0.497 e. The predicted molar refractivity (Wildman–Crippen MR) is 89.6 cm³/mol. The summed E-state index contributed by atoms with van der Waals surface area (Å²) in [6, 6.07) is 8.23. The zero-order valence-corrected chi connectivity index (χ0v) is 13.9. The second kappa shape index (κ2) is 9.92. The maximum absolute atomic E-state index is 11.8. The molecule has 2 N–H and O–H groups in total. The molecule has 2 rings (SSSR count). The third-order valence-electron chi connectivity index (χ3n) is 3.32. The van der Waals surface area contributed by atoms with Gasteiger partial charge in [-0.2, -0.15) is 0 Å². The zero-order valence-electron chi connectivity index (χ0n) is 12.3. The number of carbonyl (C=O) groups is 1. The van der Waals surface area contributed by atoms with Crippen LogP contribution in [0.25, 0.3) is 0 Å². The van der Waals surface area contributed by atoms with Crippen LogP contribution in [0.2, 0.25) is 0 Å². The van der Waals surface area contributed by atoms with Gasteiger partial charge in [0.2, 0.25) is 5.91 Å². The molecule has 1 aromatic rings. The van der Waals surface area contributed by atoms with Crippen LogP contribution < -0.4 is 15.4 Å².